The first kappa shape index (κ1) is 18.3. The van der Waals surface area contributed by atoms with Gasteiger partial charge in [-0.2, -0.15) is 0 Å². The van der Waals surface area contributed by atoms with Gasteiger partial charge in [-0.15, -0.1) is 11.3 Å². The Bertz CT molecular complexity index is 981. The summed E-state index contributed by atoms with van der Waals surface area (Å²) >= 11 is 7.17. The molecule has 1 aliphatic rings. The van der Waals surface area contributed by atoms with E-state index in [1.165, 1.54) is 24.2 Å². The molecule has 1 aromatic carbocycles. The minimum Gasteiger partial charge on any atom is -0.494 e. The Morgan fingerprint density at radius 2 is 2.19 bits per heavy atom. The second kappa shape index (κ2) is 7.54. The number of nitrogens with zero attached hydrogens (tertiary/aromatic N) is 2. The summed E-state index contributed by atoms with van der Waals surface area (Å²) in [6.07, 6.45) is 5.38. The van der Waals surface area contributed by atoms with Crippen LogP contribution < -0.4 is 5.32 Å². The van der Waals surface area contributed by atoms with E-state index in [4.69, 9.17) is 11.6 Å². The summed E-state index contributed by atoms with van der Waals surface area (Å²) in [5.74, 6) is 0.0557. The molecule has 1 amide bonds. The summed E-state index contributed by atoms with van der Waals surface area (Å²) in [5, 5.41) is 15.2. The van der Waals surface area contributed by atoms with Gasteiger partial charge in [0.2, 0.25) is 0 Å². The third-order valence-corrected chi connectivity index (χ3v) is 6.55. The quantitative estimate of drug-likeness (QED) is 0.643. The van der Waals surface area contributed by atoms with Crippen LogP contribution in [0.3, 0.4) is 0 Å². The van der Waals surface area contributed by atoms with E-state index < -0.39 is 0 Å². The Morgan fingerprint density at radius 1 is 1.33 bits per heavy atom. The minimum atomic E-state index is -0.195. The highest BCUT2D eigenvalue weighted by Gasteiger charge is 2.21. The van der Waals surface area contributed by atoms with Gasteiger partial charge in [0.15, 0.2) is 5.88 Å². The van der Waals surface area contributed by atoms with E-state index in [0.717, 1.165) is 30.3 Å². The average Bonchev–Trinajstić information content (AvgIpc) is 3.34. The molecule has 1 atom stereocenters. The first-order chi connectivity index (χ1) is 13.0. The Kier molecular flexibility index (Phi) is 5.12. The van der Waals surface area contributed by atoms with Crippen LogP contribution in [-0.2, 0) is 6.54 Å². The number of hydrogen-bond acceptors (Lipinski definition) is 4. The molecule has 0 aliphatic carbocycles. The number of aromatic nitrogens is 1. The highest BCUT2D eigenvalue weighted by Crippen LogP contribution is 2.33. The zero-order valence-electron chi connectivity index (χ0n) is 15.1. The molecule has 142 valence electrons. The first-order valence-corrected chi connectivity index (χ1v) is 10.3. The van der Waals surface area contributed by atoms with Gasteiger partial charge in [-0.1, -0.05) is 17.7 Å². The van der Waals surface area contributed by atoms with Gasteiger partial charge in [-0.05, 0) is 57.1 Å². The van der Waals surface area contributed by atoms with Crippen molar-refractivity contribution in [3.05, 3.63) is 45.7 Å². The number of aromatic hydroxyl groups is 1. The van der Waals surface area contributed by atoms with Gasteiger partial charge in [0.05, 0.1) is 14.9 Å². The fourth-order valence-corrected chi connectivity index (χ4v) is 4.74. The molecule has 2 N–H and O–H groups in total. The van der Waals surface area contributed by atoms with Crippen molar-refractivity contribution in [2.24, 2.45) is 0 Å². The molecule has 1 saturated heterocycles. The Morgan fingerprint density at radius 3 is 2.89 bits per heavy atom. The van der Waals surface area contributed by atoms with Crippen LogP contribution in [0.5, 0.6) is 5.88 Å². The number of thiophene rings is 1. The molecule has 0 radical (unpaired) electrons. The number of fused-ring (bicyclic) bond motifs is 1. The smallest absolute Gasteiger partial charge is 0.265 e. The molecule has 0 bridgehead atoms. The Labute approximate surface area is 167 Å². The van der Waals surface area contributed by atoms with E-state index in [1.54, 1.807) is 12.1 Å². The number of carbonyl (C=O) groups is 1. The van der Waals surface area contributed by atoms with Crippen LogP contribution in [0.15, 0.2) is 36.5 Å². The monoisotopic (exact) mass is 403 g/mol. The van der Waals surface area contributed by atoms with E-state index in [2.05, 4.69) is 17.3 Å². The number of aryl methyl sites for hydroxylation is 1. The molecule has 2 aromatic heterocycles. The topological polar surface area (TPSA) is 57.5 Å². The van der Waals surface area contributed by atoms with Gasteiger partial charge in [-0.25, -0.2) is 0 Å². The lowest BCUT2D eigenvalue weighted by molar-refractivity contribution is 0.103. The lowest BCUT2D eigenvalue weighted by Crippen LogP contribution is -2.25. The van der Waals surface area contributed by atoms with Crippen molar-refractivity contribution < 1.29 is 9.90 Å². The largest absolute Gasteiger partial charge is 0.494 e. The molecular weight excluding hydrogens is 382 g/mol. The third-order valence-electron chi connectivity index (χ3n) is 5.32. The maximum Gasteiger partial charge on any atom is 0.265 e. The first-order valence-electron chi connectivity index (χ1n) is 9.10. The number of nitrogens with one attached hydrogen (secondary N) is 1. The predicted octanol–water partition coefficient (Wildman–Crippen LogP) is 4.80. The zero-order valence-corrected chi connectivity index (χ0v) is 16.7. The number of rotatable bonds is 5. The van der Waals surface area contributed by atoms with Crippen molar-refractivity contribution in [2.45, 2.75) is 31.8 Å². The van der Waals surface area contributed by atoms with Crippen molar-refractivity contribution in [2.75, 3.05) is 18.9 Å². The second-order valence-electron chi connectivity index (χ2n) is 7.04. The van der Waals surface area contributed by atoms with Crippen LogP contribution in [-0.4, -0.2) is 40.1 Å². The van der Waals surface area contributed by atoms with Crippen LogP contribution in [0.1, 0.15) is 28.9 Å². The predicted molar refractivity (Wildman–Crippen MR) is 111 cm³/mol. The molecule has 27 heavy (non-hydrogen) atoms. The number of halogens is 1. The van der Waals surface area contributed by atoms with Crippen molar-refractivity contribution in [3.8, 4) is 5.88 Å². The number of benzene rings is 1. The van der Waals surface area contributed by atoms with Crippen LogP contribution in [0, 0.1) is 0 Å². The van der Waals surface area contributed by atoms with E-state index in [0.29, 0.717) is 20.9 Å². The number of anilines is 1. The van der Waals surface area contributed by atoms with Crippen molar-refractivity contribution >= 4 is 45.3 Å². The third kappa shape index (κ3) is 3.70. The number of carbonyl (C=O) groups excluding carboxylic acids is 1. The normalized spacial score (nSPS) is 17.6. The van der Waals surface area contributed by atoms with Crippen molar-refractivity contribution in [1.29, 1.82) is 0 Å². The van der Waals surface area contributed by atoms with Gasteiger partial charge in [0.1, 0.15) is 0 Å². The fraction of sp³-hybridized carbons (Fsp3) is 0.350. The van der Waals surface area contributed by atoms with Crippen LogP contribution in [0.25, 0.3) is 10.8 Å². The van der Waals surface area contributed by atoms with Gasteiger partial charge < -0.3 is 19.9 Å². The van der Waals surface area contributed by atoms with Crippen LogP contribution in [0.4, 0.5) is 5.69 Å². The summed E-state index contributed by atoms with van der Waals surface area (Å²) in [4.78, 5) is 15.4. The Balaban J connectivity index is 1.56. The highest BCUT2D eigenvalue weighted by atomic mass is 35.5. The van der Waals surface area contributed by atoms with E-state index in [9.17, 15) is 9.90 Å². The van der Waals surface area contributed by atoms with Crippen LogP contribution >= 0.6 is 22.9 Å². The molecule has 5 nitrogen and oxygen atoms in total. The lowest BCUT2D eigenvalue weighted by Gasteiger charge is -2.19. The Hall–Kier alpha value is -2.02. The molecule has 0 saturated carbocycles. The molecule has 0 spiro atoms. The number of hydrogen-bond donors (Lipinski definition) is 2. The van der Waals surface area contributed by atoms with Gasteiger partial charge in [-0.3, -0.25) is 4.79 Å². The zero-order chi connectivity index (χ0) is 19.0. The van der Waals surface area contributed by atoms with Crippen molar-refractivity contribution in [3.63, 3.8) is 0 Å². The summed E-state index contributed by atoms with van der Waals surface area (Å²) in [5.41, 5.74) is 0.689. The summed E-state index contributed by atoms with van der Waals surface area (Å²) in [6, 6.07) is 9.56. The molecule has 4 rings (SSSR count). The number of likely N-dealkylation sites (tertiary alicyclic amines) is 1. The van der Waals surface area contributed by atoms with Gasteiger partial charge in [0.25, 0.3) is 5.91 Å². The maximum absolute atomic E-state index is 12.5. The summed E-state index contributed by atoms with van der Waals surface area (Å²) < 4.78 is 2.47. The molecule has 3 aromatic rings. The van der Waals surface area contributed by atoms with E-state index in [-0.39, 0.29) is 11.8 Å². The molecule has 1 aliphatic heterocycles. The summed E-state index contributed by atoms with van der Waals surface area (Å²) in [7, 11) is 2.16. The maximum atomic E-state index is 12.5. The standard InChI is InChI=1S/C20H22ClN3O2S/c1-23-10-3-4-13(23)9-11-24-12-15-14(20(24)26)5-2-6-16(15)22-19(25)17-7-8-18(21)27-17/h2,5-8,12-13,26H,3-4,9-11H2,1H3,(H,22,25). The minimum absolute atomic E-state index is 0.195. The second-order valence-corrected chi connectivity index (χ2v) is 8.75. The average molecular weight is 404 g/mol. The molecular formula is C20H22ClN3O2S. The highest BCUT2D eigenvalue weighted by molar-refractivity contribution is 7.18. The number of amides is 1. The molecule has 3 heterocycles. The van der Waals surface area contributed by atoms with Gasteiger partial charge >= 0.3 is 0 Å². The fourth-order valence-electron chi connectivity index (χ4n) is 3.80. The molecule has 1 unspecified atom stereocenters. The lowest BCUT2D eigenvalue weighted by atomic mass is 10.1. The van der Waals surface area contributed by atoms with E-state index >= 15 is 0 Å². The van der Waals surface area contributed by atoms with E-state index in [1.807, 2.05) is 29.0 Å². The molecule has 1 fully saturated rings. The SMILES string of the molecule is CN1CCCC1CCn1cc2c(NC(=O)c3ccc(Cl)s3)cccc2c1O. The molecule has 7 heteroatoms. The van der Waals surface area contributed by atoms with Gasteiger partial charge in [0, 0.05) is 29.6 Å². The van der Waals surface area contributed by atoms with Crippen LogP contribution in [0.2, 0.25) is 4.34 Å². The summed E-state index contributed by atoms with van der Waals surface area (Å²) in [6.45, 7) is 1.90. The van der Waals surface area contributed by atoms with Crippen molar-refractivity contribution in [1.82, 2.24) is 9.47 Å².